The lowest BCUT2D eigenvalue weighted by atomic mass is 10.0. The third kappa shape index (κ3) is 2.61. The van der Waals surface area contributed by atoms with Crippen molar-refractivity contribution in [3.63, 3.8) is 0 Å². The van der Waals surface area contributed by atoms with Crippen LogP contribution in [0, 0.1) is 18.6 Å². The molecule has 0 aliphatic heterocycles. The monoisotopic (exact) mass is 278 g/mol. The second kappa shape index (κ2) is 5.53. The van der Waals surface area contributed by atoms with Crippen molar-refractivity contribution in [3.05, 3.63) is 52.3 Å². The van der Waals surface area contributed by atoms with E-state index in [1.165, 1.54) is 13.0 Å². The van der Waals surface area contributed by atoms with Gasteiger partial charge in [-0.05, 0) is 31.0 Å². The predicted molar refractivity (Wildman–Crippen MR) is 71.7 cm³/mol. The number of halogens is 2. The molecule has 1 aromatic heterocycles. The minimum absolute atomic E-state index is 0.0687. The first-order valence-corrected chi connectivity index (χ1v) is 6.43. The highest BCUT2D eigenvalue weighted by atomic mass is 19.1. The Morgan fingerprint density at radius 1 is 1.35 bits per heavy atom. The van der Waals surface area contributed by atoms with E-state index in [4.69, 9.17) is 0 Å². The molecule has 0 spiro atoms. The van der Waals surface area contributed by atoms with E-state index in [9.17, 15) is 13.6 Å². The Balaban J connectivity index is 2.33. The van der Waals surface area contributed by atoms with Crippen LogP contribution in [-0.4, -0.2) is 15.6 Å². The molecule has 0 radical (unpaired) electrons. The number of benzene rings is 1. The maximum absolute atomic E-state index is 13.9. The first-order chi connectivity index (χ1) is 9.43. The second-order valence-electron chi connectivity index (χ2n) is 4.76. The van der Waals surface area contributed by atoms with Gasteiger partial charge in [-0.25, -0.2) is 8.78 Å². The highest BCUT2D eigenvalue weighted by Gasteiger charge is 2.20. The van der Waals surface area contributed by atoms with Gasteiger partial charge in [0, 0.05) is 12.7 Å². The van der Waals surface area contributed by atoms with Crippen molar-refractivity contribution < 1.29 is 13.6 Å². The van der Waals surface area contributed by atoms with E-state index in [1.54, 1.807) is 17.8 Å². The second-order valence-corrected chi connectivity index (χ2v) is 4.76. The molecule has 0 aliphatic rings. The fraction of sp³-hybridized carbons (Fsp3) is 0.333. The van der Waals surface area contributed by atoms with Crippen molar-refractivity contribution in [1.29, 1.82) is 0 Å². The van der Waals surface area contributed by atoms with E-state index in [-0.39, 0.29) is 12.0 Å². The molecule has 0 fully saturated rings. The first-order valence-electron chi connectivity index (χ1n) is 6.43. The molecule has 2 aromatic rings. The fourth-order valence-corrected chi connectivity index (χ4v) is 2.07. The summed E-state index contributed by atoms with van der Waals surface area (Å²) >= 11 is 0. The number of carbonyl (C=O) groups is 1. The van der Waals surface area contributed by atoms with Crippen LogP contribution in [0.15, 0.2) is 18.2 Å². The van der Waals surface area contributed by atoms with Crippen molar-refractivity contribution in [3.8, 4) is 0 Å². The molecule has 0 bridgehead atoms. The number of hydrogen-bond donors (Lipinski definition) is 0. The Hall–Kier alpha value is -2.04. The standard InChI is InChI=1S/C15H16F2N2O/c1-4-10-7-11(19(3)18-10)8-13(20)14-12(16)6-5-9(2)15(14)17/h5-7H,4,8H2,1-3H3. The molecule has 2 rings (SSSR count). The smallest absolute Gasteiger partial charge is 0.174 e. The Morgan fingerprint density at radius 3 is 2.65 bits per heavy atom. The number of ketones is 1. The summed E-state index contributed by atoms with van der Waals surface area (Å²) in [5, 5.41) is 4.22. The van der Waals surface area contributed by atoms with Gasteiger partial charge in [0.25, 0.3) is 0 Å². The van der Waals surface area contributed by atoms with Crippen molar-refractivity contribution in [2.45, 2.75) is 26.7 Å². The van der Waals surface area contributed by atoms with Gasteiger partial charge < -0.3 is 0 Å². The van der Waals surface area contributed by atoms with Crippen LogP contribution < -0.4 is 0 Å². The van der Waals surface area contributed by atoms with E-state index in [2.05, 4.69) is 5.10 Å². The van der Waals surface area contributed by atoms with Gasteiger partial charge in [-0.15, -0.1) is 0 Å². The number of Topliss-reactive ketones (excluding diaryl/α,β-unsaturated/α-hetero) is 1. The summed E-state index contributed by atoms with van der Waals surface area (Å²) in [4.78, 5) is 12.1. The number of rotatable bonds is 4. The van der Waals surface area contributed by atoms with Crippen LogP contribution in [0.25, 0.3) is 0 Å². The summed E-state index contributed by atoms with van der Waals surface area (Å²) in [6, 6.07) is 4.22. The van der Waals surface area contributed by atoms with Crippen molar-refractivity contribution in [2.24, 2.45) is 7.05 Å². The molecular formula is C15H16F2N2O. The van der Waals surface area contributed by atoms with E-state index < -0.39 is 23.0 Å². The van der Waals surface area contributed by atoms with E-state index in [0.29, 0.717) is 5.69 Å². The van der Waals surface area contributed by atoms with Crippen LogP contribution in [0.4, 0.5) is 8.78 Å². The lowest BCUT2D eigenvalue weighted by Gasteiger charge is -2.06. The molecule has 0 saturated carbocycles. The summed E-state index contributed by atoms with van der Waals surface area (Å²) in [5.74, 6) is -2.18. The van der Waals surface area contributed by atoms with Gasteiger partial charge in [0.2, 0.25) is 0 Å². The highest BCUT2D eigenvalue weighted by molar-refractivity contribution is 5.98. The van der Waals surface area contributed by atoms with E-state index >= 15 is 0 Å². The topological polar surface area (TPSA) is 34.9 Å². The van der Waals surface area contributed by atoms with Crippen LogP contribution in [0.1, 0.15) is 34.2 Å². The lowest BCUT2D eigenvalue weighted by Crippen LogP contribution is -2.12. The number of aryl methyl sites for hydroxylation is 3. The summed E-state index contributed by atoms with van der Waals surface area (Å²) < 4.78 is 29.1. The third-order valence-corrected chi connectivity index (χ3v) is 3.29. The first kappa shape index (κ1) is 14.4. The van der Waals surface area contributed by atoms with Crippen molar-refractivity contribution in [2.75, 3.05) is 0 Å². The molecule has 0 atom stereocenters. The zero-order valence-corrected chi connectivity index (χ0v) is 11.7. The van der Waals surface area contributed by atoms with Crippen molar-refractivity contribution >= 4 is 5.78 Å². The highest BCUT2D eigenvalue weighted by Crippen LogP contribution is 2.19. The van der Waals surface area contributed by atoms with Crippen LogP contribution in [-0.2, 0) is 19.9 Å². The minimum Gasteiger partial charge on any atom is -0.294 e. The van der Waals surface area contributed by atoms with Crippen LogP contribution in [0.5, 0.6) is 0 Å². The molecule has 0 amide bonds. The van der Waals surface area contributed by atoms with Gasteiger partial charge in [0.1, 0.15) is 11.6 Å². The van der Waals surface area contributed by atoms with Crippen LogP contribution in [0.2, 0.25) is 0 Å². The zero-order chi connectivity index (χ0) is 14.9. The largest absolute Gasteiger partial charge is 0.294 e. The van der Waals surface area contributed by atoms with E-state index in [0.717, 1.165) is 18.2 Å². The molecular weight excluding hydrogens is 262 g/mol. The molecule has 0 aliphatic carbocycles. The molecule has 20 heavy (non-hydrogen) atoms. The Labute approximate surface area is 116 Å². The number of aromatic nitrogens is 2. The van der Waals surface area contributed by atoms with Gasteiger partial charge in [-0.3, -0.25) is 9.48 Å². The van der Waals surface area contributed by atoms with Gasteiger partial charge >= 0.3 is 0 Å². The zero-order valence-electron chi connectivity index (χ0n) is 11.7. The quantitative estimate of drug-likeness (QED) is 0.806. The molecule has 3 nitrogen and oxygen atoms in total. The number of carbonyl (C=O) groups excluding carboxylic acids is 1. The molecule has 0 saturated heterocycles. The molecule has 106 valence electrons. The van der Waals surface area contributed by atoms with Gasteiger partial charge in [0.05, 0.1) is 17.7 Å². The Bertz CT molecular complexity index is 662. The van der Waals surface area contributed by atoms with Crippen LogP contribution >= 0.6 is 0 Å². The molecule has 5 heteroatoms. The maximum atomic E-state index is 13.9. The third-order valence-electron chi connectivity index (χ3n) is 3.29. The fourth-order valence-electron chi connectivity index (χ4n) is 2.07. The number of hydrogen-bond acceptors (Lipinski definition) is 2. The summed E-state index contributed by atoms with van der Waals surface area (Å²) in [6.45, 7) is 3.46. The van der Waals surface area contributed by atoms with Crippen molar-refractivity contribution in [1.82, 2.24) is 9.78 Å². The van der Waals surface area contributed by atoms with Gasteiger partial charge in [-0.1, -0.05) is 13.0 Å². The minimum atomic E-state index is -0.823. The number of nitrogens with zero attached hydrogens (tertiary/aromatic N) is 2. The van der Waals surface area contributed by atoms with E-state index in [1.807, 2.05) is 6.92 Å². The normalized spacial score (nSPS) is 10.8. The Morgan fingerprint density at radius 2 is 2.05 bits per heavy atom. The summed E-state index contributed by atoms with van der Waals surface area (Å²) in [6.07, 6.45) is 0.677. The predicted octanol–water partition coefficient (Wildman–Crippen LogP) is 2.99. The van der Waals surface area contributed by atoms with Crippen LogP contribution in [0.3, 0.4) is 0 Å². The average molecular weight is 278 g/mol. The van der Waals surface area contributed by atoms with Gasteiger partial charge in [-0.2, -0.15) is 5.10 Å². The molecule has 1 aromatic carbocycles. The summed E-state index contributed by atoms with van der Waals surface area (Å²) in [7, 11) is 1.71. The molecule has 1 heterocycles. The average Bonchev–Trinajstić information content (AvgIpc) is 2.75. The molecule has 0 N–H and O–H groups in total. The molecule has 0 unspecified atom stereocenters. The lowest BCUT2D eigenvalue weighted by molar-refractivity contribution is 0.0982. The van der Waals surface area contributed by atoms with Gasteiger partial charge in [0.15, 0.2) is 5.78 Å². The maximum Gasteiger partial charge on any atom is 0.174 e. The Kier molecular flexibility index (Phi) is 3.97. The summed E-state index contributed by atoms with van der Waals surface area (Å²) in [5.41, 5.74) is 1.28. The SMILES string of the molecule is CCc1cc(CC(=O)c2c(F)ccc(C)c2F)n(C)n1.